The van der Waals surface area contributed by atoms with Crippen LogP contribution in [0, 0.1) is 0 Å². The molecule has 0 atom stereocenters. The van der Waals surface area contributed by atoms with E-state index in [0.717, 1.165) is 33.4 Å². The summed E-state index contributed by atoms with van der Waals surface area (Å²) >= 11 is 0. The zero-order valence-corrected chi connectivity index (χ0v) is 32.3. The SMILES string of the molecule is Cn1ncc(NC(=O)N(CCNC(=O)[O-])CCNC(c2ccccc2)(c2ccccc2)c2ccccc2)c1NC(c1ccccc1)(c1ccccc1)c1ccccc1. The third-order valence-electron chi connectivity index (χ3n) is 10.4. The van der Waals surface area contributed by atoms with Crippen LogP contribution in [0.3, 0.4) is 0 Å². The maximum atomic E-state index is 14.4. The van der Waals surface area contributed by atoms with E-state index in [0.29, 0.717) is 18.1 Å². The first-order valence-electron chi connectivity index (χ1n) is 19.3. The highest BCUT2D eigenvalue weighted by Crippen LogP contribution is 2.42. The monoisotopic (exact) mass is 768 g/mol. The lowest BCUT2D eigenvalue weighted by atomic mass is 9.77. The number of hydrogen-bond acceptors (Lipinski definition) is 6. The first kappa shape index (κ1) is 39.1. The van der Waals surface area contributed by atoms with Gasteiger partial charge in [0.05, 0.1) is 11.7 Å². The zero-order valence-electron chi connectivity index (χ0n) is 32.3. The smallest absolute Gasteiger partial charge is 0.322 e. The fourth-order valence-electron chi connectivity index (χ4n) is 7.69. The van der Waals surface area contributed by atoms with Crippen molar-refractivity contribution in [1.29, 1.82) is 0 Å². The van der Waals surface area contributed by atoms with E-state index in [4.69, 9.17) is 0 Å². The van der Waals surface area contributed by atoms with E-state index >= 15 is 0 Å². The number of hydrogen-bond donors (Lipinski definition) is 4. The van der Waals surface area contributed by atoms with E-state index in [1.54, 1.807) is 15.8 Å². The van der Waals surface area contributed by atoms with Crippen LogP contribution in [0.4, 0.5) is 21.1 Å². The zero-order chi connectivity index (χ0) is 40.2. The number of amides is 3. The molecule has 0 fully saturated rings. The highest BCUT2D eigenvalue weighted by molar-refractivity contribution is 5.92. The number of nitrogens with one attached hydrogen (secondary N) is 4. The third kappa shape index (κ3) is 8.33. The van der Waals surface area contributed by atoms with E-state index in [1.165, 1.54) is 0 Å². The molecule has 0 unspecified atom stereocenters. The summed E-state index contributed by atoms with van der Waals surface area (Å²) in [6.07, 6.45) is 0.208. The summed E-state index contributed by atoms with van der Waals surface area (Å²) in [6, 6.07) is 60.8. The fourth-order valence-corrected chi connectivity index (χ4v) is 7.69. The number of aromatic nitrogens is 2. The highest BCUT2D eigenvalue weighted by atomic mass is 16.4. The molecular weight excluding hydrogens is 723 g/mol. The molecule has 0 saturated heterocycles. The number of rotatable bonds is 16. The van der Waals surface area contributed by atoms with Crippen LogP contribution in [0.1, 0.15) is 33.4 Å². The molecule has 7 rings (SSSR count). The molecule has 58 heavy (non-hydrogen) atoms. The molecule has 6 aromatic carbocycles. The number of carbonyl (C=O) groups is 2. The Hall–Kier alpha value is -7.17. The van der Waals surface area contributed by atoms with Crippen LogP contribution in [0.15, 0.2) is 188 Å². The number of carbonyl (C=O) groups excluding carboxylic acids is 2. The van der Waals surface area contributed by atoms with Gasteiger partial charge in [-0.15, -0.1) is 0 Å². The summed E-state index contributed by atoms with van der Waals surface area (Å²) in [5.41, 5.74) is 4.89. The minimum absolute atomic E-state index is 0.0196. The van der Waals surface area contributed by atoms with E-state index < -0.39 is 23.2 Å². The quantitative estimate of drug-likeness (QED) is 0.0773. The van der Waals surface area contributed by atoms with Crippen molar-refractivity contribution in [3.05, 3.63) is 222 Å². The standard InChI is InChI=1S/C48H47N7O3/c1-54-44(53-48(40-26-14-5-15-27-40,41-28-16-6-17-29-41)42-30-18-7-19-31-42)43(36-51-54)52-45(56)55(34-32-49-46(57)58)35-33-50-47(37-20-8-2-9-21-37,38-22-10-3-11-23-38)39-24-12-4-13-25-39/h2-31,36,49-50,53H,32-35H2,1H3,(H,52,56)(H,57,58)/p-1. The number of carboxylic acid groups (broad SMARTS) is 1. The van der Waals surface area contributed by atoms with Gasteiger partial charge in [-0.1, -0.05) is 182 Å². The second-order valence-electron chi connectivity index (χ2n) is 13.9. The molecule has 0 saturated carbocycles. The lowest BCUT2D eigenvalue weighted by Gasteiger charge is -2.38. The Morgan fingerprint density at radius 2 is 0.931 bits per heavy atom. The predicted molar refractivity (Wildman–Crippen MR) is 227 cm³/mol. The molecule has 1 aromatic heterocycles. The minimum atomic E-state index is -1.41. The van der Waals surface area contributed by atoms with E-state index in [-0.39, 0.29) is 19.6 Å². The largest absolute Gasteiger partial charge is 0.530 e. The highest BCUT2D eigenvalue weighted by Gasteiger charge is 2.39. The maximum absolute atomic E-state index is 14.4. The van der Waals surface area contributed by atoms with Crippen molar-refractivity contribution in [3.63, 3.8) is 0 Å². The van der Waals surface area contributed by atoms with Crippen molar-refractivity contribution in [2.24, 2.45) is 7.05 Å². The summed E-state index contributed by atoms with van der Waals surface area (Å²) in [7, 11) is 1.82. The summed E-state index contributed by atoms with van der Waals surface area (Å²) in [5.74, 6) is 0.576. The van der Waals surface area contributed by atoms with E-state index in [1.807, 2.05) is 116 Å². The Bertz CT molecular complexity index is 2170. The van der Waals surface area contributed by atoms with Crippen LogP contribution >= 0.6 is 0 Å². The molecule has 0 aliphatic heterocycles. The van der Waals surface area contributed by atoms with Gasteiger partial charge < -0.3 is 30.8 Å². The Labute approximate surface area is 339 Å². The van der Waals surface area contributed by atoms with Gasteiger partial charge in [-0.05, 0) is 33.4 Å². The molecule has 0 radical (unpaired) electrons. The van der Waals surface area contributed by atoms with Crippen LogP contribution in [0.25, 0.3) is 0 Å². The van der Waals surface area contributed by atoms with Crippen molar-refractivity contribution in [3.8, 4) is 0 Å². The molecule has 4 N–H and O–H groups in total. The Kier molecular flexibility index (Phi) is 12.3. The van der Waals surface area contributed by atoms with Crippen molar-refractivity contribution >= 4 is 23.6 Å². The Morgan fingerprint density at radius 3 is 1.31 bits per heavy atom. The second kappa shape index (κ2) is 18.2. The predicted octanol–water partition coefficient (Wildman–Crippen LogP) is 7.17. The van der Waals surface area contributed by atoms with Gasteiger partial charge in [-0.2, -0.15) is 5.10 Å². The van der Waals surface area contributed by atoms with Gasteiger partial charge in [0.2, 0.25) is 0 Å². The summed E-state index contributed by atoms with van der Waals surface area (Å²) in [6.45, 7) is 0.657. The summed E-state index contributed by atoms with van der Waals surface area (Å²) < 4.78 is 1.71. The molecule has 10 heteroatoms. The molecule has 0 spiro atoms. The number of aryl methyl sites for hydroxylation is 1. The number of benzene rings is 6. The van der Waals surface area contributed by atoms with Crippen LogP contribution < -0.4 is 26.4 Å². The molecule has 7 aromatic rings. The molecule has 0 aliphatic rings. The lowest BCUT2D eigenvalue weighted by molar-refractivity contribution is -0.250. The molecule has 0 bridgehead atoms. The van der Waals surface area contributed by atoms with Gasteiger partial charge in [0.1, 0.15) is 23.1 Å². The average molecular weight is 769 g/mol. The lowest BCUT2D eigenvalue weighted by Crippen LogP contribution is -2.50. The third-order valence-corrected chi connectivity index (χ3v) is 10.4. The van der Waals surface area contributed by atoms with Gasteiger partial charge in [-0.3, -0.25) is 10.00 Å². The Morgan fingerprint density at radius 1 is 0.569 bits per heavy atom. The maximum Gasteiger partial charge on any atom is 0.322 e. The number of urea groups is 1. The summed E-state index contributed by atoms with van der Waals surface area (Å²) in [5, 5.41) is 29.1. The normalized spacial score (nSPS) is 11.4. The van der Waals surface area contributed by atoms with Gasteiger partial charge in [-0.25, -0.2) is 4.79 Å². The first-order chi connectivity index (χ1) is 28.4. The molecular formula is C48H46N7O3-. The van der Waals surface area contributed by atoms with Crippen LogP contribution in [0.5, 0.6) is 0 Å². The van der Waals surface area contributed by atoms with E-state index in [2.05, 4.69) is 99.2 Å². The van der Waals surface area contributed by atoms with Crippen molar-refractivity contribution in [1.82, 2.24) is 25.3 Å². The topological polar surface area (TPSA) is 126 Å². The fraction of sp³-hybridized carbons (Fsp3) is 0.146. The molecule has 3 amide bonds. The van der Waals surface area contributed by atoms with Crippen LogP contribution in [-0.4, -0.2) is 53.0 Å². The van der Waals surface area contributed by atoms with Gasteiger partial charge in [0, 0.05) is 33.2 Å². The second-order valence-corrected chi connectivity index (χ2v) is 13.9. The molecule has 1 heterocycles. The van der Waals surface area contributed by atoms with Crippen LogP contribution in [-0.2, 0) is 18.1 Å². The average Bonchev–Trinajstić information content (AvgIpc) is 3.62. The molecule has 10 nitrogen and oxygen atoms in total. The molecule has 292 valence electrons. The van der Waals surface area contributed by atoms with Gasteiger partial charge in [0.15, 0.2) is 0 Å². The van der Waals surface area contributed by atoms with E-state index in [9.17, 15) is 14.7 Å². The van der Waals surface area contributed by atoms with Crippen LogP contribution in [0.2, 0.25) is 0 Å². The van der Waals surface area contributed by atoms with Gasteiger partial charge in [0.25, 0.3) is 0 Å². The molecule has 0 aliphatic carbocycles. The van der Waals surface area contributed by atoms with Crippen molar-refractivity contribution in [2.75, 3.05) is 36.8 Å². The number of anilines is 2. The minimum Gasteiger partial charge on any atom is -0.530 e. The Balaban J connectivity index is 1.21. The number of nitrogens with zero attached hydrogens (tertiary/aromatic N) is 3. The van der Waals surface area contributed by atoms with Gasteiger partial charge >= 0.3 is 6.03 Å². The van der Waals surface area contributed by atoms with Crippen molar-refractivity contribution < 1.29 is 14.7 Å². The first-order valence-corrected chi connectivity index (χ1v) is 19.3. The van der Waals surface area contributed by atoms with Crippen molar-refractivity contribution in [2.45, 2.75) is 11.1 Å². The summed E-state index contributed by atoms with van der Waals surface area (Å²) in [4.78, 5) is 27.4.